The SMILES string of the molecule is CCC[Si]C. The van der Waals surface area contributed by atoms with Crippen LogP contribution in [0, 0.1) is 0 Å². The second kappa shape index (κ2) is 4.22. The molecule has 0 aliphatic heterocycles. The first kappa shape index (κ1) is 5.22. The van der Waals surface area contributed by atoms with Gasteiger partial charge in [0.1, 0.15) is 0 Å². The molecule has 0 fully saturated rings. The molecular formula is C4H10Si. The summed E-state index contributed by atoms with van der Waals surface area (Å²) in [4.78, 5) is 0. The van der Waals surface area contributed by atoms with Gasteiger partial charge < -0.3 is 0 Å². The van der Waals surface area contributed by atoms with Crippen LogP contribution < -0.4 is 0 Å². The van der Waals surface area contributed by atoms with Gasteiger partial charge in [-0.1, -0.05) is 25.9 Å². The smallest absolute Gasteiger partial charge is 0.0342 e. The van der Waals surface area contributed by atoms with Crippen molar-refractivity contribution in [2.24, 2.45) is 0 Å². The largest absolute Gasteiger partial charge is 0.0733 e. The van der Waals surface area contributed by atoms with Gasteiger partial charge in [0.2, 0.25) is 0 Å². The minimum absolute atomic E-state index is 1.16. The van der Waals surface area contributed by atoms with Crippen LogP contribution in [0.3, 0.4) is 0 Å². The molecule has 5 heavy (non-hydrogen) atoms. The molecule has 0 bridgehead atoms. The Morgan fingerprint density at radius 3 is 2.20 bits per heavy atom. The van der Waals surface area contributed by atoms with E-state index < -0.39 is 0 Å². The van der Waals surface area contributed by atoms with Crippen LogP contribution in [0.15, 0.2) is 0 Å². The lowest BCUT2D eigenvalue weighted by atomic mass is 10.6. The summed E-state index contributed by atoms with van der Waals surface area (Å²) in [5.41, 5.74) is 0. The van der Waals surface area contributed by atoms with Crippen molar-refractivity contribution in [3.8, 4) is 0 Å². The first-order chi connectivity index (χ1) is 2.41. The maximum absolute atomic E-state index is 2.24. The molecule has 0 spiro atoms. The van der Waals surface area contributed by atoms with Crippen LogP contribution in [-0.4, -0.2) is 9.52 Å². The van der Waals surface area contributed by atoms with Gasteiger partial charge in [0, 0.05) is 9.52 Å². The topological polar surface area (TPSA) is 0 Å². The van der Waals surface area contributed by atoms with Crippen molar-refractivity contribution in [3.63, 3.8) is 0 Å². The van der Waals surface area contributed by atoms with Crippen LogP contribution in [0.1, 0.15) is 13.3 Å². The fraction of sp³-hybridized carbons (Fsp3) is 1.00. The molecule has 0 aromatic heterocycles. The molecule has 2 radical (unpaired) electrons. The van der Waals surface area contributed by atoms with Gasteiger partial charge in [0.15, 0.2) is 0 Å². The molecule has 0 N–H and O–H groups in total. The van der Waals surface area contributed by atoms with Crippen LogP contribution in [0.5, 0.6) is 0 Å². The van der Waals surface area contributed by atoms with Crippen molar-refractivity contribution in [1.29, 1.82) is 0 Å². The molecule has 0 saturated heterocycles. The third-order valence-corrected chi connectivity index (χ3v) is 1.50. The molecular weight excluding hydrogens is 76.1 g/mol. The highest BCUT2D eigenvalue weighted by atomic mass is 28.2. The average molecular weight is 86.2 g/mol. The van der Waals surface area contributed by atoms with Gasteiger partial charge in [-0.05, 0) is 0 Å². The summed E-state index contributed by atoms with van der Waals surface area (Å²) in [5.74, 6) is 0. The Kier molecular flexibility index (Phi) is 4.40. The van der Waals surface area contributed by atoms with Crippen LogP contribution >= 0.6 is 0 Å². The maximum atomic E-state index is 2.24. The molecule has 0 nitrogen and oxygen atoms in total. The molecule has 0 saturated carbocycles. The lowest BCUT2D eigenvalue weighted by Gasteiger charge is -1.77. The van der Waals surface area contributed by atoms with E-state index in [2.05, 4.69) is 13.5 Å². The average Bonchev–Trinajstić information content (AvgIpc) is 1.41. The second-order valence-electron chi connectivity index (χ2n) is 1.10. The Balaban J connectivity index is 2.19. The maximum Gasteiger partial charge on any atom is 0.0342 e. The minimum atomic E-state index is 1.16. The second-order valence-corrected chi connectivity index (χ2v) is 2.31. The highest BCUT2D eigenvalue weighted by molar-refractivity contribution is 6.33. The van der Waals surface area contributed by atoms with E-state index >= 15 is 0 Å². The first-order valence-corrected chi connectivity index (χ1v) is 3.77. The Morgan fingerprint density at radius 2 is 2.20 bits per heavy atom. The quantitative estimate of drug-likeness (QED) is 0.447. The van der Waals surface area contributed by atoms with E-state index in [0.717, 1.165) is 9.52 Å². The fourth-order valence-corrected chi connectivity index (χ4v) is 0.750. The highest BCUT2D eigenvalue weighted by Crippen LogP contribution is 1.81. The molecule has 0 aliphatic carbocycles. The van der Waals surface area contributed by atoms with Gasteiger partial charge in [-0.2, -0.15) is 0 Å². The van der Waals surface area contributed by atoms with Gasteiger partial charge in [0.05, 0.1) is 0 Å². The molecule has 0 unspecified atom stereocenters. The molecule has 0 aromatic carbocycles. The summed E-state index contributed by atoms with van der Waals surface area (Å²) in [6, 6.07) is 1.42. The molecule has 1 heteroatoms. The molecule has 0 aromatic rings. The van der Waals surface area contributed by atoms with E-state index in [4.69, 9.17) is 0 Å². The van der Waals surface area contributed by atoms with Crippen LogP contribution in [-0.2, 0) is 0 Å². The standard InChI is InChI=1S/C4H10Si/c1-3-4-5-2/h3-4H2,1-2H3. The van der Waals surface area contributed by atoms with Crippen molar-refractivity contribution in [1.82, 2.24) is 0 Å². The Bertz CT molecular complexity index is 11.1. The van der Waals surface area contributed by atoms with E-state index in [1.807, 2.05) is 0 Å². The van der Waals surface area contributed by atoms with Crippen molar-refractivity contribution in [3.05, 3.63) is 0 Å². The lowest BCUT2D eigenvalue weighted by Crippen LogP contribution is -1.73. The first-order valence-electron chi connectivity index (χ1n) is 2.06. The van der Waals surface area contributed by atoms with Crippen molar-refractivity contribution < 1.29 is 0 Å². The normalized spacial score (nSPS) is 8.40. The summed E-state index contributed by atoms with van der Waals surface area (Å²) >= 11 is 0. The van der Waals surface area contributed by atoms with Gasteiger partial charge >= 0.3 is 0 Å². The third kappa shape index (κ3) is 4.22. The third-order valence-electron chi connectivity index (χ3n) is 0.500. The van der Waals surface area contributed by atoms with Crippen molar-refractivity contribution in [2.75, 3.05) is 0 Å². The molecule has 0 rings (SSSR count). The van der Waals surface area contributed by atoms with Gasteiger partial charge in [-0.25, -0.2) is 0 Å². The van der Waals surface area contributed by atoms with E-state index in [-0.39, 0.29) is 0 Å². The van der Waals surface area contributed by atoms with Crippen LogP contribution in [0.25, 0.3) is 0 Å². The molecule has 0 amide bonds. The van der Waals surface area contributed by atoms with Crippen LogP contribution in [0.2, 0.25) is 12.6 Å². The number of hydrogen-bond acceptors (Lipinski definition) is 0. The summed E-state index contributed by atoms with van der Waals surface area (Å²) in [6.07, 6.45) is 1.36. The zero-order valence-corrected chi connectivity index (χ0v) is 4.91. The molecule has 0 heterocycles. The fourth-order valence-electron chi connectivity index (χ4n) is 0.250. The van der Waals surface area contributed by atoms with E-state index in [1.54, 1.807) is 0 Å². The van der Waals surface area contributed by atoms with E-state index in [1.165, 1.54) is 12.5 Å². The predicted molar refractivity (Wildman–Crippen MR) is 26.7 cm³/mol. The van der Waals surface area contributed by atoms with Gasteiger partial charge in [0.25, 0.3) is 0 Å². The molecule has 0 aliphatic rings. The zero-order valence-electron chi connectivity index (χ0n) is 3.91. The summed E-state index contributed by atoms with van der Waals surface area (Å²) in [5, 5.41) is 0. The van der Waals surface area contributed by atoms with Gasteiger partial charge in [-0.15, -0.1) is 0 Å². The van der Waals surface area contributed by atoms with Crippen molar-refractivity contribution >= 4 is 9.52 Å². The molecule has 30 valence electrons. The summed E-state index contributed by atoms with van der Waals surface area (Å²) in [6.45, 7) is 4.46. The Labute approximate surface area is 36.4 Å². The van der Waals surface area contributed by atoms with Gasteiger partial charge in [-0.3, -0.25) is 0 Å². The monoisotopic (exact) mass is 86.1 g/mol. The highest BCUT2D eigenvalue weighted by Gasteiger charge is 1.70. The minimum Gasteiger partial charge on any atom is -0.0733 e. The number of rotatable bonds is 2. The Hall–Kier alpha value is 0.217. The molecule has 0 atom stereocenters. The van der Waals surface area contributed by atoms with E-state index in [9.17, 15) is 0 Å². The lowest BCUT2D eigenvalue weighted by molar-refractivity contribution is 1.07. The predicted octanol–water partition coefficient (Wildman–Crippen LogP) is 1.57. The van der Waals surface area contributed by atoms with Crippen molar-refractivity contribution in [2.45, 2.75) is 25.9 Å². The summed E-state index contributed by atoms with van der Waals surface area (Å²) < 4.78 is 0. The van der Waals surface area contributed by atoms with E-state index in [0.29, 0.717) is 0 Å². The number of hydrogen-bond donors (Lipinski definition) is 0. The Morgan fingerprint density at radius 1 is 1.60 bits per heavy atom. The zero-order chi connectivity index (χ0) is 4.12. The summed E-state index contributed by atoms with van der Waals surface area (Å²) in [7, 11) is 1.16. The van der Waals surface area contributed by atoms with Crippen LogP contribution in [0.4, 0.5) is 0 Å².